The van der Waals surface area contributed by atoms with Gasteiger partial charge in [0.25, 0.3) is 0 Å². The highest BCUT2D eigenvalue weighted by molar-refractivity contribution is 7.13. The van der Waals surface area contributed by atoms with Gasteiger partial charge in [-0.05, 0) is 44.4 Å². The van der Waals surface area contributed by atoms with E-state index in [-0.39, 0.29) is 0 Å². The Hall–Kier alpha value is -2.46. The second-order valence-corrected chi connectivity index (χ2v) is 8.32. The summed E-state index contributed by atoms with van der Waals surface area (Å²) in [6, 6.07) is 6.79. The lowest BCUT2D eigenvalue weighted by Crippen LogP contribution is -2.02. The largest absolute Gasteiger partial charge is 0.326 e. The maximum absolute atomic E-state index is 4.93. The molecule has 0 fully saturated rings. The molecule has 4 rings (SSSR count). The minimum absolute atomic E-state index is 0.390. The first-order valence-corrected chi connectivity index (χ1v) is 10.4. The average Bonchev–Trinajstić information content (AvgIpc) is 3.16. The molecule has 4 heteroatoms. The summed E-state index contributed by atoms with van der Waals surface area (Å²) in [4.78, 5) is 9.78. The molecule has 138 valence electrons. The van der Waals surface area contributed by atoms with Crippen LogP contribution in [0.2, 0.25) is 0 Å². The van der Waals surface area contributed by atoms with Crippen molar-refractivity contribution < 1.29 is 0 Å². The topological polar surface area (TPSA) is 30.7 Å². The number of aromatic nitrogens is 3. The summed E-state index contributed by atoms with van der Waals surface area (Å²) < 4.78 is 2.29. The van der Waals surface area contributed by atoms with Gasteiger partial charge < -0.3 is 4.57 Å². The van der Waals surface area contributed by atoms with E-state index in [0.717, 1.165) is 34.0 Å². The van der Waals surface area contributed by atoms with Crippen molar-refractivity contribution in [3.05, 3.63) is 71.1 Å². The van der Waals surface area contributed by atoms with Gasteiger partial charge in [-0.1, -0.05) is 43.4 Å². The average molecular weight is 376 g/mol. The highest BCUT2D eigenvalue weighted by atomic mass is 32.1. The van der Waals surface area contributed by atoms with Crippen LogP contribution >= 0.6 is 11.3 Å². The number of allylic oxidation sites excluding steroid dienone is 6. The first-order valence-electron chi connectivity index (χ1n) is 9.51. The van der Waals surface area contributed by atoms with E-state index in [1.165, 1.54) is 11.1 Å². The van der Waals surface area contributed by atoms with E-state index in [1.807, 2.05) is 0 Å². The van der Waals surface area contributed by atoms with Gasteiger partial charge in [0, 0.05) is 23.4 Å². The van der Waals surface area contributed by atoms with Crippen molar-refractivity contribution in [1.82, 2.24) is 14.5 Å². The van der Waals surface area contributed by atoms with E-state index in [4.69, 9.17) is 9.97 Å². The Bertz CT molecular complexity index is 1060. The summed E-state index contributed by atoms with van der Waals surface area (Å²) in [5.41, 5.74) is 5.78. The van der Waals surface area contributed by atoms with E-state index in [9.17, 15) is 0 Å². The molecule has 3 aromatic rings. The zero-order valence-electron chi connectivity index (χ0n) is 16.3. The van der Waals surface area contributed by atoms with Crippen molar-refractivity contribution in [2.24, 2.45) is 5.92 Å². The van der Waals surface area contributed by atoms with Gasteiger partial charge in [0.15, 0.2) is 0 Å². The third kappa shape index (κ3) is 3.54. The van der Waals surface area contributed by atoms with E-state index in [2.05, 4.69) is 86.2 Å². The maximum Gasteiger partial charge on any atom is 0.125 e. The fraction of sp³-hybridized carbons (Fsp3) is 0.304. The Morgan fingerprint density at radius 3 is 2.85 bits per heavy atom. The van der Waals surface area contributed by atoms with Crippen LogP contribution in [-0.4, -0.2) is 14.5 Å². The molecule has 0 saturated carbocycles. The molecule has 2 aromatic heterocycles. The second kappa shape index (κ2) is 7.28. The van der Waals surface area contributed by atoms with Crippen molar-refractivity contribution in [3.8, 4) is 10.6 Å². The molecule has 1 aromatic carbocycles. The van der Waals surface area contributed by atoms with E-state index < -0.39 is 0 Å². The van der Waals surface area contributed by atoms with Crippen molar-refractivity contribution in [3.63, 3.8) is 0 Å². The summed E-state index contributed by atoms with van der Waals surface area (Å²) in [6.45, 7) is 8.68. The number of imidazole rings is 1. The van der Waals surface area contributed by atoms with Gasteiger partial charge in [0.2, 0.25) is 0 Å². The van der Waals surface area contributed by atoms with Crippen LogP contribution < -0.4 is 0 Å². The molecule has 0 spiro atoms. The zero-order valence-corrected chi connectivity index (χ0v) is 17.1. The number of hydrogen-bond donors (Lipinski definition) is 0. The lowest BCUT2D eigenvalue weighted by molar-refractivity contribution is 0.600. The van der Waals surface area contributed by atoms with Crippen LogP contribution in [0.25, 0.3) is 21.6 Å². The highest BCUT2D eigenvalue weighted by Crippen LogP contribution is 2.32. The molecule has 1 unspecified atom stereocenters. The minimum atomic E-state index is 0.390. The van der Waals surface area contributed by atoms with Crippen LogP contribution in [0, 0.1) is 12.8 Å². The molecule has 1 atom stereocenters. The number of para-hydroxylation sites is 1. The van der Waals surface area contributed by atoms with Crippen molar-refractivity contribution in [2.45, 2.75) is 40.2 Å². The molecule has 1 aliphatic carbocycles. The summed E-state index contributed by atoms with van der Waals surface area (Å²) in [7, 11) is 0. The quantitative estimate of drug-likeness (QED) is 0.537. The molecule has 0 amide bonds. The fourth-order valence-electron chi connectivity index (χ4n) is 3.65. The van der Waals surface area contributed by atoms with Gasteiger partial charge in [-0.15, -0.1) is 11.3 Å². The molecular weight excluding hydrogens is 350 g/mol. The first-order chi connectivity index (χ1) is 13.0. The van der Waals surface area contributed by atoms with Gasteiger partial charge in [0.1, 0.15) is 10.8 Å². The van der Waals surface area contributed by atoms with Crippen LogP contribution in [0.4, 0.5) is 0 Å². The van der Waals surface area contributed by atoms with Crippen LogP contribution in [0.3, 0.4) is 0 Å². The van der Waals surface area contributed by atoms with Gasteiger partial charge in [-0.25, -0.2) is 9.97 Å². The molecule has 1 aliphatic rings. The lowest BCUT2D eigenvalue weighted by Gasteiger charge is -2.10. The molecular formula is C23H25N3S. The molecule has 27 heavy (non-hydrogen) atoms. The number of aryl methyl sites for hydroxylation is 1. The first kappa shape index (κ1) is 17.9. The maximum atomic E-state index is 4.93. The van der Waals surface area contributed by atoms with Gasteiger partial charge in [0.05, 0.1) is 16.7 Å². The predicted octanol–water partition coefficient (Wildman–Crippen LogP) is 6.28. The Kier molecular flexibility index (Phi) is 4.83. The molecule has 0 N–H and O–H groups in total. The molecule has 2 heterocycles. The van der Waals surface area contributed by atoms with E-state index >= 15 is 0 Å². The number of thiazole rings is 1. The highest BCUT2D eigenvalue weighted by Gasteiger charge is 2.16. The summed E-state index contributed by atoms with van der Waals surface area (Å²) in [6.07, 6.45) is 11.9. The minimum Gasteiger partial charge on any atom is -0.326 e. The Morgan fingerprint density at radius 1 is 1.19 bits per heavy atom. The molecule has 0 saturated heterocycles. The van der Waals surface area contributed by atoms with E-state index in [0.29, 0.717) is 12.0 Å². The lowest BCUT2D eigenvalue weighted by atomic mass is 10.1. The summed E-state index contributed by atoms with van der Waals surface area (Å²) in [5.74, 6) is 1.54. The third-order valence-corrected chi connectivity index (χ3v) is 5.84. The van der Waals surface area contributed by atoms with Crippen LogP contribution in [0.15, 0.2) is 59.5 Å². The molecule has 0 bridgehead atoms. The standard InChI is InChI=1S/C23H25N3S/c1-15(2)26-17(4)24-22-20(9-6-10-21(22)26)23-25-19(14-27-23)13-18-8-5-7-16(3)11-12-18/h5-12,14-16H,13H2,1-4H3. The van der Waals surface area contributed by atoms with E-state index in [1.54, 1.807) is 11.3 Å². The molecule has 0 radical (unpaired) electrons. The Labute approximate surface area is 164 Å². The third-order valence-electron chi connectivity index (χ3n) is 4.92. The van der Waals surface area contributed by atoms with Gasteiger partial charge in [-0.3, -0.25) is 0 Å². The van der Waals surface area contributed by atoms with Gasteiger partial charge >= 0.3 is 0 Å². The smallest absolute Gasteiger partial charge is 0.125 e. The van der Waals surface area contributed by atoms with Crippen LogP contribution in [-0.2, 0) is 6.42 Å². The normalized spacial score (nSPS) is 16.9. The number of fused-ring (bicyclic) bond motifs is 1. The van der Waals surface area contributed by atoms with Crippen LogP contribution in [0.1, 0.15) is 38.3 Å². The number of hydrogen-bond acceptors (Lipinski definition) is 3. The molecule has 3 nitrogen and oxygen atoms in total. The monoisotopic (exact) mass is 375 g/mol. The SMILES string of the molecule is Cc1nc2c(-c3nc(CC4=CC=CC(C)C=C4)cs3)cccc2n1C(C)C. The number of rotatable bonds is 4. The predicted molar refractivity (Wildman–Crippen MR) is 115 cm³/mol. The Morgan fingerprint density at radius 2 is 2.04 bits per heavy atom. The second-order valence-electron chi connectivity index (χ2n) is 7.46. The van der Waals surface area contributed by atoms with Crippen molar-refractivity contribution >= 4 is 22.4 Å². The van der Waals surface area contributed by atoms with Crippen molar-refractivity contribution in [1.29, 1.82) is 0 Å². The zero-order chi connectivity index (χ0) is 19.0. The van der Waals surface area contributed by atoms with Gasteiger partial charge in [-0.2, -0.15) is 0 Å². The fourth-order valence-corrected chi connectivity index (χ4v) is 4.49. The van der Waals surface area contributed by atoms with Crippen LogP contribution in [0.5, 0.6) is 0 Å². The van der Waals surface area contributed by atoms with Crippen molar-refractivity contribution in [2.75, 3.05) is 0 Å². The summed E-state index contributed by atoms with van der Waals surface area (Å²) in [5, 5.41) is 3.22. The molecule has 0 aliphatic heterocycles. The Balaban J connectivity index is 1.68. The number of benzene rings is 1. The summed E-state index contributed by atoms with van der Waals surface area (Å²) >= 11 is 1.71. The number of nitrogens with zero attached hydrogens (tertiary/aromatic N) is 3.